The highest BCUT2D eigenvalue weighted by Crippen LogP contribution is 2.22. The maximum Gasteiger partial charge on any atom is 0.258 e. The summed E-state index contributed by atoms with van der Waals surface area (Å²) in [7, 11) is 0. The summed E-state index contributed by atoms with van der Waals surface area (Å²) in [6.07, 6.45) is 0. The van der Waals surface area contributed by atoms with Gasteiger partial charge in [-0.2, -0.15) is 0 Å². The number of amides is 2. The molecule has 0 aliphatic rings. The van der Waals surface area contributed by atoms with Crippen LogP contribution < -0.4 is 10.6 Å². The van der Waals surface area contributed by atoms with Gasteiger partial charge in [0.25, 0.3) is 11.6 Å². The van der Waals surface area contributed by atoms with Gasteiger partial charge in [0.05, 0.1) is 16.6 Å². The number of fused-ring (bicyclic) bond motifs is 1. The zero-order valence-electron chi connectivity index (χ0n) is 15.9. The largest absolute Gasteiger partial charge is 0.354 e. The van der Waals surface area contributed by atoms with Crippen molar-refractivity contribution in [3.63, 3.8) is 0 Å². The number of carbonyl (C=O) groups is 2. The molecule has 0 bridgehead atoms. The van der Waals surface area contributed by atoms with E-state index in [0.29, 0.717) is 34.6 Å². The van der Waals surface area contributed by atoms with E-state index in [2.05, 4.69) is 20.8 Å². The Balaban J connectivity index is 2.24. The lowest BCUT2D eigenvalue weighted by Gasteiger charge is -2.27. The number of nitrogens with one attached hydrogen (secondary N) is 2. The van der Waals surface area contributed by atoms with Gasteiger partial charge in [-0.3, -0.25) is 9.59 Å². The van der Waals surface area contributed by atoms with Crippen molar-refractivity contribution in [3.05, 3.63) is 23.0 Å². The molecule has 2 aromatic heterocycles. The lowest BCUT2D eigenvalue weighted by Crippen LogP contribution is -2.55. The Bertz CT molecular complexity index is 816. The summed E-state index contributed by atoms with van der Waals surface area (Å²) in [6.45, 7) is 13.5. The molecule has 0 spiro atoms. The van der Waals surface area contributed by atoms with Gasteiger partial charge in [0.1, 0.15) is 5.54 Å². The summed E-state index contributed by atoms with van der Waals surface area (Å²) in [4.78, 5) is 29.5. The number of carbonyl (C=O) groups excluding carboxylic acids is 2. The average Bonchev–Trinajstić information content (AvgIpc) is 2.83. The third-order valence-corrected chi connectivity index (χ3v) is 3.76. The van der Waals surface area contributed by atoms with Crippen LogP contribution in [0.15, 0.2) is 10.6 Å². The van der Waals surface area contributed by atoms with E-state index in [-0.39, 0.29) is 17.2 Å². The fourth-order valence-electron chi connectivity index (χ4n) is 2.37. The molecular formula is C18H26N4O3. The summed E-state index contributed by atoms with van der Waals surface area (Å²) >= 11 is 0. The second kappa shape index (κ2) is 6.46. The highest BCUT2D eigenvalue weighted by Gasteiger charge is 2.31. The Morgan fingerprint density at radius 3 is 2.40 bits per heavy atom. The van der Waals surface area contributed by atoms with E-state index < -0.39 is 5.54 Å². The molecule has 7 heteroatoms. The molecule has 2 amide bonds. The minimum Gasteiger partial charge on any atom is -0.354 e. The third kappa shape index (κ3) is 4.35. The van der Waals surface area contributed by atoms with Gasteiger partial charge < -0.3 is 15.2 Å². The van der Waals surface area contributed by atoms with Crippen molar-refractivity contribution >= 4 is 22.9 Å². The molecule has 0 saturated carbocycles. The van der Waals surface area contributed by atoms with Crippen LogP contribution in [0.25, 0.3) is 11.1 Å². The number of aryl methyl sites for hydroxylation is 2. The van der Waals surface area contributed by atoms with Crippen molar-refractivity contribution in [2.24, 2.45) is 5.41 Å². The summed E-state index contributed by atoms with van der Waals surface area (Å²) in [6, 6.07) is 1.67. The molecule has 7 nitrogen and oxygen atoms in total. The molecule has 0 unspecified atom stereocenters. The number of hydrogen-bond acceptors (Lipinski definition) is 5. The Kier molecular flexibility index (Phi) is 4.88. The third-order valence-electron chi connectivity index (χ3n) is 3.76. The summed E-state index contributed by atoms with van der Waals surface area (Å²) in [5, 5.41) is 10.1. The number of hydrogen-bond donors (Lipinski definition) is 2. The van der Waals surface area contributed by atoms with Crippen LogP contribution >= 0.6 is 0 Å². The van der Waals surface area contributed by atoms with Crippen LogP contribution in [0, 0.1) is 19.3 Å². The van der Waals surface area contributed by atoms with Gasteiger partial charge in [-0.25, -0.2) is 4.98 Å². The highest BCUT2D eigenvalue weighted by molar-refractivity contribution is 6.07. The van der Waals surface area contributed by atoms with E-state index in [0.717, 1.165) is 0 Å². The van der Waals surface area contributed by atoms with E-state index in [1.807, 2.05) is 20.8 Å². The molecule has 0 radical (unpaired) electrons. The zero-order chi connectivity index (χ0) is 19.0. The monoisotopic (exact) mass is 346 g/mol. The summed E-state index contributed by atoms with van der Waals surface area (Å²) in [5.41, 5.74) is 0.850. The molecule has 0 saturated heterocycles. The van der Waals surface area contributed by atoms with Crippen LogP contribution in [-0.2, 0) is 4.79 Å². The molecule has 0 aliphatic heterocycles. The van der Waals surface area contributed by atoms with E-state index in [1.54, 1.807) is 33.8 Å². The van der Waals surface area contributed by atoms with Crippen molar-refractivity contribution in [3.8, 4) is 0 Å². The zero-order valence-corrected chi connectivity index (χ0v) is 15.9. The van der Waals surface area contributed by atoms with Crippen molar-refractivity contribution in [1.82, 2.24) is 20.8 Å². The second-order valence-corrected chi connectivity index (χ2v) is 8.08. The lowest BCUT2D eigenvalue weighted by molar-refractivity contribution is -0.126. The van der Waals surface area contributed by atoms with Gasteiger partial charge in [-0.15, -0.1) is 0 Å². The number of pyridine rings is 1. The molecule has 0 aliphatic carbocycles. The van der Waals surface area contributed by atoms with Gasteiger partial charge in [0, 0.05) is 12.2 Å². The average molecular weight is 346 g/mol. The fraction of sp³-hybridized carbons (Fsp3) is 0.556. The quantitative estimate of drug-likeness (QED) is 0.886. The Labute approximate surface area is 147 Å². The number of nitrogens with zero attached hydrogens (tertiary/aromatic N) is 2. The molecule has 2 N–H and O–H groups in total. The van der Waals surface area contributed by atoms with E-state index in [4.69, 9.17) is 4.52 Å². The van der Waals surface area contributed by atoms with Gasteiger partial charge in [-0.1, -0.05) is 25.9 Å². The van der Waals surface area contributed by atoms with E-state index in [1.165, 1.54) is 0 Å². The second-order valence-electron chi connectivity index (χ2n) is 8.08. The van der Waals surface area contributed by atoms with Gasteiger partial charge >= 0.3 is 0 Å². The summed E-state index contributed by atoms with van der Waals surface area (Å²) < 4.78 is 5.15. The van der Waals surface area contributed by atoms with Crippen molar-refractivity contribution < 1.29 is 14.1 Å². The van der Waals surface area contributed by atoms with Crippen molar-refractivity contribution in [2.75, 3.05) is 6.54 Å². The smallest absolute Gasteiger partial charge is 0.258 e. The standard InChI is InChI=1S/C18H26N4O3/c1-10-8-12(13-11(2)22-25-15(13)20-10)14(23)21-18(6,7)16(24)19-9-17(3,4)5/h8H,9H2,1-7H3,(H,19,24)(H,21,23). The fourth-order valence-corrected chi connectivity index (χ4v) is 2.37. The highest BCUT2D eigenvalue weighted by atomic mass is 16.5. The van der Waals surface area contributed by atoms with Gasteiger partial charge in [-0.05, 0) is 39.2 Å². The van der Waals surface area contributed by atoms with Crippen LogP contribution in [0.5, 0.6) is 0 Å². The van der Waals surface area contributed by atoms with Gasteiger partial charge in [0.2, 0.25) is 5.91 Å². The Morgan fingerprint density at radius 1 is 1.16 bits per heavy atom. The SMILES string of the molecule is Cc1cc(C(=O)NC(C)(C)C(=O)NCC(C)(C)C)c2c(C)noc2n1. The Hall–Kier alpha value is -2.44. The molecule has 2 rings (SSSR count). The molecule has 0 atom stereocenters. The molecular weight excluding hydrogens is 320 g/mol. The van der Waals surface area contributed by atoms with Crippen LogP contribution in [0.3, 0.4) is 0 Å². The first-order chi connectivity index (χ1) is 11.4. The van der Waals surface area contributed by atoms with Crippen LogP contribution in [0.1, 0.15) is 56.4 Å². The molecule has 25 heavy (non-hydrogen) atoms. The predicted octanol–water partition coefficient (Wildman–Crippen LogP) is 2.51. The number of aromatic nitrogens is 2. The minimum atomic E-state index is -1.06. The normalized spacial score (nSPS) is 12.3. The minimum absolute atomic E-state index is 0.0380. The van der Waals surface area contributed by atoms with Crippen molar-refractivity contribution in [2.45, 2.75) is 54.0 Å². The summed E-state index contributed by atoms with van der Waals surface area (Å²) in [5.74, 6) is -0.599. The Morgan fingerprint density at radius 2 is 1.80 bits per heavy atom. The topological polar surface area (TPSA) is 97.1 Å². The first kappa shape index (κ1) is 18.9. The first-order valence-corrected chi connectivity index (χ1v) is 8.25. The molecule has 0 aromatic carbocycles. The van der Waals surface area contributed by atoms with Crippen molar-refractivity contribution in [1.29, 1.82) is 0 Å². The first-order valence-electron chi connectivity index (χ1n) is 8.25. The molecule has 0 fully saturated rings. The van der Waals surface area contributed by atoms with Gasteiger partial charge in [0.15, 0.2) is 0 Å². The predicted molar refractivity (Wildman–Crippen MR) is 95.3 cm³/mol. The lowest BCUT2D eigenvalue weighted by atomic mass is 9.95. The van der Waals surface area contributed by atoms with E-state index in [9.17, 15) is 9.59 Å². The number of rotatable bonds is 4. The van der Waals surface area contributed by atoms with Crippen LogP contribution in [-0.4, -0.2) is 34.0 Å². The van der Waals surface area contributed by atoms with E-state index >= 15 is 0 Å². The molecule has 2 heterocycles. The van der Waals surface area contributed by atoms with Crippen LogP contribution in [0.4, 0.5) is 0 Å². The molecule has 2 aromatic rings. The maximum atomic E-state index is 12.8. The maximum absolute atomic E-state index is 12.8. The van der Waals surface area contributed by atoms with Crippen LogP contribution in [0.2, 0.25) is 0 Å². The molecule has 136 valence electrons.